The van der Waals surface area contributed by atoms with Gasteiger partial charge in [-0.2, -0.15) is 5.10 Å². The van der Waals surface area contributed by atoms with Gasteiger partial charge in [0.1, 0.15) is 0 Å². The van der Waals surface area contributed by atoms with E-state index in [1.54, 1.807) is 0 Å². The van der Waals surface area contributed by atoms with E-state index in [2.05, 4.69) is 34.6 Å². The van der Waals surface area contributed by atoms with Crippen molar-refractivity contribution < 1.29 is 5.11 Å². The van der Waals surface area contributed by atoms with Gasteiger partial charge in [-0.05, 0) is 37.5 Å². The highest BCUT2D eigenvalue weighted by Gasteiger charge is 2.22. The van der Waals surface area contributed by atoms with E-state index in [1.807, 2.05) is 6.20 Å². The Hall–Kier alpha value is -1.55. The normalized spacial score (nSPS) is 23.7. The van der Waals surface area contributed by atoms with Gasteiger partial charge in [-0.1, -0.05) is 12.8 Å². The Morgan fingerprint density at radius 1 is 1.37 bits per heavy atom. The zero-order valence-electron chi connectivity index (χ0n) is 11.3. The molecule has 4 nitrogen and oxygen atoms in total. The number of rotatable bonds is 3. The summed E-state index contributed by atoms with van der Waals surface area (Å²) in [6, 6.07) is 4.25. The van der Waals surface area contributed by atoms with E-state index in [0.717, 1.165) is 42.4 Å². The lowest BCUT2D eigenvalue weighted by Gasteiger charge is -2.28. The number of hydrogen-bond acceptors (Lipinski definition) is 3. The number of nitrogens with zero attached hydrogens (tertiary/aromatic N) is 1. The Balaban J connectivity index is 1.75. The Morgan fingerprint density at radius 2 is 2.21 bits per heavy atom. The molecule has 1 aromatic carbocycles. The summed E-state index contributed by atoms with van der Waals surface area (Å²) in [5.74, 6) is 0.371. The van der Waals surface area contributed by atoms with Gasteiger partial charge in [0.05, 0.1) is 17.8 Å². The molecule has 1 aliphatic rings. The lowest BCUT2D eigenvalue weighted by molar-refractivity contribution is 0.0763. The molecular weight excluding hydrogens is 238 g/mol. The van der Waals surface area contributed by atoms with Gasteiger partial charge >= 0.3 is 0 Å². The number of aryl methyl sites for hydroxylation is 1. The average molecular weight is 259 g/mol. The highest BCUT2D eigenvalue weighted by Crippen LogP contribution is 2.27. The number of fused-ring (bicyclic) bond motifs is 1. The molecule has 4 heteroatoms. The number of aliphatic hydroxyl groups excluding tert-OH is 1. The number of aromatic amines is 1. The molecule has 0 spiro atoms. The fourth-order valence-electron chi connectivity index (χ4n) is 3.01. The summed E-state index contributed by atoms with van der Waals surface area (Å²) in [5.41, 5.74) is 3.39. The third-order valence-corrected chi connectivity index (χ3v) is 4.13. The quantitative estimate of drug-likeness (QED) is 0.794. The molecule has 3 N–H and O–H groups in total. The number of hydrogen-bond donors (Lipinski definition) is 3. The van der Waals surface area contributed by atoms with Crippen LogP contribution in [0.15, 0.2) is 18.3 Å². The molecule has 3 rings (SSSR count). The molecule has 0 amide bonds. The Labute approximate surface area is 113 Å². The summed E-state index contributed by atoms with van der Waals surface area (Å²) < 4.78 is 0. The maximum absolute atomic E-state index is 10.0. The minimum atomic E-state index is -0.147. The molecule has 0 bridgehead atoms. The summed E-state index contributed by atoms with van der Waals surface area (Å²) in [5, 5.41) is 21.7. The van der Waals surface area contributed by atoms with Crippen LogP contribution in [0, 0.1) is 12.8 Å². The summed E-state index contributed by atoms with van der Waals surface area (Å²) in [6.07, 6.45) is 6.17. The second-order valence-electron chi connectivity index (χ2n) is 5.64. The molecule has 1 aliphatic carbocycles. The highest BCUT2D eigenvalue weighted by atomic mass is 16.3. The Bertz CT molecular complexity index is 564. The Morgan fingerprint density at radius 3 is 3.05 bits per heavy atom. The summed E-state index contributed by atoms with van der Waals surface area (Å²) in [6.45, 7) is 2.92. The molecule has 1 saturated carbocycles. The number of anilines is 1. The minimum Gasteiger partial charge on any atom is -0.393 e. The van der Waals surface area contributed by atoms with Gasteiger partial charge < -0.3 is 10.4 Å². The molecule has 1 heterocycles. The van der Waals surface area contributed by atoms with E-state index < -0.39 is 0 Å². The number of aromatic nitrogens is 2. The van der Waals surface area contributed by atoms with Crippen molar-refractivity contribution in [3.05, 3.63) is 23.9 Å². The predicted molar refractivity (Wildman–Crippen MR) is 77.3 cm³/mol. The summed E-state index contributed by atoms with van der Waals surface area (Å²) >= 11 is 0. The monoisotopic (exact) mass is 259 g/mol. The third-order valence-electron chi connectivity index (χ3n) is 4.13. The first-order chi connectivity index (χ1) is 9.24. The molecule has 1 aromatic heterocycles. The number of H-pyrrole nitrogens is 1. The van der Waals surface area contributed by atoms with Gasteiger partial charge in [0.25, 0.3) is 0 Å². The van der Waals surface area contributed by atoms with Gasteiger partial charge in [-0.3, -0.25) is 5.10 Å². The van der Waals surface area contributed by atoms with Crippen LogP contribution in [0.1, 0.15) is 31.2 Å². The molecule has 2 aromatic rings. The van der Waals surface area contributed by atoms with Crippen LogP contribution in [-0.4, -0.2) is 28.0 Å². The van der Waals surface area contributed by atoms with Crippen molar-refractivity contribution in [1.29, 1.82) is 0 Å². The number of benzene rings is 1. The summed E-state index contributed by atoms with van der Waals surface area (Å²) in [4.78, 5) is 0. The zero-order chi connectivity index (χ0) is 13.2. The second-order valence-corrected chi connectivity index (χ2v) is 5.64. The van der Waals surface area contributed by atoms with Crippen LogP contribution in [0.3, 0.4) is 0 Å². The van der Waals surface area contributed by atoms with Crippen LogP contribution >= 0.6 is 0 Å². The first-order valence-corrected chi connectivity index (χ1v) is 7.10. The van der Waals surface area contributed by atoms with E-state index >= 15 is 0 Å². The number of aliphatic hydroxyl groups is 1. The van der Waals surface area contributed by atoms with Crippen molar-refractivity contribution in [1.82, 2.24) is 10.2 Å². The lowest BCUT2D eigenvalue weighted by Crippen LogP contribution is -2.30. The van der Waals surface area contributed by atoms with Crippen LogP contribution in [0.4, 0.5) is 5.69 Å². The standard InChI is InChI=1S/C15H21N3O/c1-10-6-13(12-9-17-18-14(12)7-10)16-8-11-4-2-3-5-15(11)19/h6-7,9,11,15-16,19H,2-5,8H2,1H3,(H,17,18)/t11-,15+/m0/s1. The van der Waals surface area contributed by atoms with Gasteiger partial charge in [0.2, 0.25) is 0 Å². The maximum Gasteiger partial charge on any atom is 0.0673 e. The topological polar surface area (TPSA) is 60.9 Å². The fourth-order valence-corrected chi connectivity index (χ4v) is 3.01. The minimum absolute atomic E-state index is 0.147. The fraction of sp³-hybridized carbons (Fsp3) is 0.533. The summed E-state index contributed by atoms with van der Waals surface area (Å²) in [7, 11) is 0. The van der Waals surface area contributed by atoms with Gasteiger partial charge in [0.15, 0.2) is 0 Å². The molecule has 0 unspecified atom stereocenters. The molecule has 102 valence electrons. The van der Waals surface area contributed by atoms with Crippen molar-refractivity contribution in [2.75, 3.05) is 11.9 Å². The highest BCUT2D eigenvalue weighted by molar-refractivity contribution is 5.91. The van der Waals surface area contributed by atoms with Gasteiger partial charge in [-0.15, -0.1) is 0 Å². The molecule has 0 saturated heterocycles. The van der Waals surface area contributed by atoms with E-state index in [-0.39, 0.29) is 6.10 Å². The molecule has 1 fully saturated rings. The molecular formula is C15H21N3O. The molecule has 19 heavy (non-hydrogen) atoms. The maximum atomic E-state index is 10.0. The smallest absolute Gasteiger partial charge is 0.0673 e. The SMILES string of the molecule is Cc1cc(NC[C@@H]2CCCC[C@H]2O)c2cn[nH]c2c1. The molecule has 0 radical (unpaired) electrons. The van der Waals surface area contributed by atoms with Crippen LogP contribution in [-0.2, 0) is 0 Å². The first kappa shape index (κ1) is 12.5. The lowest BCUT2D eigenvalue weighted by atomic mass is 9.86. The zero-order valence-corrected chi connectivity index (χ0v) is 11.3. The van der Waals surface area contributed by atoms with E-state index in [9.17, 15) is 5.11 Å². The van der Waals surface area contributed by atoms with E-state index in [0.29, 0.717) is 5.92 Å². The van der Waals surface area contributed by atoms with Crippen LogP contribution in [0.5, 0.6) is 0 Å². The molecule has 0 aliphatic heterocycles. The van der Waals surface area contributed by atoms with Crippen molar-refractivity contribution in [2.45, 2.75) is 38.7 Å². The van der Waals surface area contributed by atoms with Crippen LogP contribution < -0.4 is 5.32 Å². The second kappa shape index (κ2) is 5.21. The average Bonchev–Trinajstić information content (AvgIpc) is 2.85. The van der Waals surface area contributed by atoms with Crippen molar-refractivity contribution >= 4 is 16.6 Å². The van der Waals surface area contributed by atoms with Gasteiger partial charge in [0, 0.05) is 23.5 Å². The van der Waals surface area contributed by atoms with Crippen LogP contribution in [0.25, 0.3) is 10.9 Å². The van der Waals surface area contributed by atoms with E-state index in [4.69, 9.17) is 0 Å². The van der Waals surface area contributed by atoms with Crippen molar-refractivity contribution in [3.8, 4) is 0 Å². The van der Waals surface area contributed by atoms with E-state index in [1.165, 1.54) is 12.0 Å². The predicted octanol–water partition coefficient (Wildman–Crippen LogP) is 2.83. The van der Waals surface area contributed by atoms with Gasteiger partial charge in [-0.25, -0.2) is 0 Å². The van der Waals surface area contributed by atoms with Crippen LogP contribution in [0.2, 0.25) is 0 Å². The molecule has 2 atom stereocenters. The Kier molecular flexibility index (Phi) is 3.42. The number of nitrogens with one attached hydrogen (secondary N) is 2. The third kappa shape index (κ3) is 2.59. The van der Waals surface area contributed by atoms with Crippen molar-refractivity contribution in [2.24, 2.45) is 5.92 Å². The first-order valence-electron chi connectivity index (χ1n) is 7.10. The largest absolute Gasteiger partial charge is 0.393 e. The van der Waals surface area contributed by atoms with Crippen molar-refractivity contribution in [3.63, 3.8) is 0 Å².